The molecule has 156 valence electrons. The van der Waals surface area contributed by atoms with Gasteiger partial charge in [-0.2, -0.15) is 5.10 Å². The fourth-order valence-corrected chi connectivity index (χ4v) is 3.71. The predicted octanol–water partition coefficient (Wildman–Crippen LogP) is 4.25. The van der Waals surface area contributed by atoms with E-state index in [1.54, 1.807) is 37.4 Å². The summed E-state index contributed by atoms with van der Waals surface area (Å²) in [5, 5.41) is 6.53. The maximum Gasteiger partial charge on any atom is 0.331 e. The smallest absolute Gasteiger partial charge is 0.331 e. The van der Waals surface area contributed by atoms with E-state index in [4.69, 9.17) is 16.3 Å². The van der Waals surface area contributed by atoms with Crippen molar-refractivity contribution in [3.63, 3.8) is 0 Å². The third-order valence-electron chi connectivity index (χ3n) is 4.24. The predicted molar refractivity (Wildman–Crippen MR) is 114 cm³/mol. The van der Waals surface area contributed by atoms with Gasteiger partial charge in [0.2, 0.25) is 0 Å². The van der Waals surface area contributed by atoms with Crippen molar-refractivity contribution in [1.82, 2.24) is 14.7 Å². The number of esters is 1. The summed E-state index contributed by atoms with van der Waals surface area (Å²) >= 11 is 7.92. The fraction of sp³-hybridized carbons (Fsp3) is 0.190. The average molecular weight is 448 g/mol. The van der Waals surface area contributed by atoms with Gasteiger partial charge in [-0.3, -0.25) is 4.79 Å². The molecule has 0 bridgehead atoms. The van der Waals surface area contributed by atoms with Crippen LogP contribution in [0.25, 0.3) is 11.8 Å². The van der Waals surface area contributed by atoms with Crippen LogP contribution in [-0.4, -0.2) is 40.2 Å². The number of ether oxygens (including phenoxy) is 1. The molecule has 0 radical (unpaired) electrons. The molecule has 0 spiro atoms. The zero-order valence-corrected chi connectivity index (χ0v) is 17.9. The number of aromatic nitrogens is 2. The van der Waals surface area contributed by atoms with Crippen LogP contribution in [0.5, 0.6) is 0 Å². The summed E-state index contributed by atoms with van der Waals surface area (Å²) in [6.07, 6.45) is 2.67. The maximum absolute atomic E-state index is 13.1. The summed E-state index contributed by atoms with van der Waals surface area (Å²) in [5.41, 5.74) is 1.70. The van der Waals surface area contributed by atoms with Crippen molar-refractivity contribution in [3.05, 3.63) is 75.0 Å². The molecule has 2 aromatic heterocycles. The monoisotopic (exact) mass is 447 g/mol. The Morgan fingerprint density at radius 3 is 2.70 bits per heavy atom. The number of hydrogen-bond acceptors (Lipinski definition) is 5. The second kappa shape index (κ2) is 9.69. The number of halogens is 2. The van der Waals surface area contributed by atoms with Crippen molar-refractivity contribution in [2.45, 2.75) is 13.5 Å². The number of amides is 1. The first-order chi connectivity index (χ1) is 14.3. The zero-order valence-electron chi connectivity index (χ0n) is 16.3. The maximum atomic E-state index is 13.1. The van der Waals surface area contributed by atoms with E-state index in [1.165, 1.54) is 33.9 Å². The second-order valence-corrected chi connectivity index (χ2v) is 7.84. The number of thiophene rings is 1. The molecule has 3 rings (SSSR count). The minimum atomic E-state index is -0.669. The van der Waals surface area contributed by atoms with E-state index in [0.29, 0.717) is 23.5 Å². The quantitative estimate of drug-likeness (QED) is 0.401. The molecule has 0 aliphatic carbocycles. The molecule has 0 saturated heterocycles. The van der Waals surface area contributed by atoms with Crippen LogP contribution < -0.4 is 0 Å². The Labute approximate surface area is 182 Å². The second-order valence-electron chi connectivity index (χ2n) is 6.45. The molecule has 2 heterocycles. The topological polar surface area (TPSA) is 64.4 Å². The van der Waals surface area contributed by atoms with Crippen LogP contribution in [0, 0.1) is 12.7 Å². The Bertz CT molecular complexity index is 1060. The van der Waals surface area contributed by atoms with Gasteiger partial charge in [0.25, 0.3) is 5.91 Å². The van der Waals surface area contributed by atoms with Gasteiger partial charge in [0.05, 0.1) is 17.9 Å². The minimum Gasteiger partial charge on any atom is -0.452 e. The molecule has 0 saturated carbocycles. The van der Waals surface area contributed by atoms with E-state index in [-0.39, 0.29) is 23.5 Å². The largest absolute Gasteiger partial charge is 0.452 e. The van der Waals surface area contributed by atoms with Crippen LogP contribution >= 0.6 is 22.9 Å². The van der Waals surface area contributed by atoms with E-state index in [1.807, 2.05) is 17.5 Å². The number of rotatable bonds is 7. The molecule has 0 atom stereocenters. The van der Waals surface area contributed by atoms with Crippen LogP contribution in [0.15, 0.2) is 47.9 Å². The number of likely N-dealkylation sites (N-methyl/N-ethyl adjacent to an activating group) is 1. The number of aryl methyl sites for hydroxylation is 1. The summed E-state index contributed by atoms with van der Waals surface area (Å²) in [6.45, 7) is 1.84. The van der Waals surface area contributed by atoms with E-state index >= 15 is 0 Å². The molecular weight excluding hydrogens is 429 g/mol. The number of benzene rings is 1. The average Bonchev–Trinajstić information content (AvgIpc) is 3.33. The van der Waals surface area contributed by atoms with Gasteiger partial charge in [0, 0.05) is 23.6 Å². The number of carbonyl (C=O) groups excluding carboxylic acids is 2. The lowest BCUT2D eigenvalue weighted by atomic mass is 10.2. The molecule has 3 aromatic rings. The Hall–Kier alpha value is -2.97. The highest BCUT2D eigenvalue weighted by Crippen LogP contribution is 2.25. The van der Waals surface area contributed by atoms with Gasteiger partial charge >= 0.3 is 5.97 Å². The number of hydrogen-bond donors (Lipinski definition) is 0. The van der Waals surface area contributed by atoms with Crippen LogP contribution in [0.3, 0.4) is 0 Å². The molecule has 0 fully saturated rings. The van der Waals surface area contributed by atoms with Gasteiger partial charge in [0.1, 0.15) is 11.0 Å². The SMILES string of the molecule is Cc1nn(-c2ccc(F)cc2)c(Cl)c1/C=C/C(=O)OCC(=O)N(C)Cc1cccs1. The van der Waals surface area contributed by atoms with Crippen molar-refractivity contribution in [2.24, 2.45) is 0 Å². The first kappa shape index (κ1) is 21.7. The molecule has 0 aliphatic heterocycles. The molecule has 0 N–H and O–H groups in total. The normalized spacial score (nSPS) is 11.1. The highest BCUT2D eigenvalue weighted by Gasteiger charge is 2.14. The third kappa shape index (κ3) is 5.34. The molecule has 9 heteroatoms. The van der Waals surface area contributed by atoms with Crippen LogP contribution in [-0.2, 0) is 20.9 Å². The Balaban J connectivity index is 1.59. The molecule has 6 nitrogen and oxygen atoms in total. The van der Waals surface area contributed by atoms with Crippen molar-refractivity contribution in [1.29, 1.82) is 0 Å². The highest BCUT2D eigenvalue weighted by atomic mass is 35.5. The third-order valence-corrected chi connectivity index (χ3v) is 5.47. The van der Waals surface area contributed by atoms with Crippen LogP contribution in [0.1, 0.15) is 16.1 Å². The molecular formula is C21H19ClFN3O3S. The summed E-state index contributed by atoms with van der Waals surface area (Å²) in [6, 6.07) is 9.56. The van der Waals surface area contributed by atoms with Crippen molar-refractivity contribution in [3.8, 4) is 5.69 Å². The van der Waals surface area contributed by atoms with Gasteiger partial charge in [0.15, 0.2) is 6.61 Å². The van der Waals surface area contributed by atoms with Crippen molar-refractivity contribution in [2.75, 3.05) is 13.7 Å². The van der Waals surface area contributed by atoms with E-state index < -0.39 is 5.97 Å². The van der Waals surface area contributed by atoms with Gasteiger partial charge in [-0.05, 0) is 48.7 Å². The number of nitrogens with zero attached hydrogens (tertiary/aromatic N) is 3. The lowest BCUT2D eigenvalue weighted by molar-refractivity contribution is -0.147. The van der Waals surface area contributed by atoms with Crippen molar-refractivity contribution >= 4 is 40.9 Å². The summed E-state index contributed by atoms with van der Waals surface area (Å²) < 4.78 is 19.6. The molecule has 0 unspecified atom stereocenters. The summed E-state index contributed by atoms with van der Waals surface area (Å²) in [4.78, 5) is 26.7. The molecule has 0 aliphatic rings. The van der Waals surface area contributed by atoms with Crippen molar-refractivity contribution < 1.29 is 18.7 Å². The summed E-state index contributed by atoms with van der Waals surface area (Å²) in [5.74, 6) is -1.33. The first-order valence-corrected chi connectivity index (χ1v) is 10.2. The van der Waals surface area contributed by atoms with Gasteiger partial charge in [-0.15, -0.1) is 11.3 Å². The van der Waals surface area contributed by atoms with Gasteiger partial charge < -0.3 is 9.64 Å². The minimum absolute atomic E-state index is 0.273. The molecule has 1 aromatic carbocycles. The van der Waals surface area contributed by atoms with Gasteiger partial charge in [-0.1, -0.05) is 17.7 Å². The standard InChI is InChI=1S/C21H19ClFN3O3S/c1-14-18(21(22)26(24-14)16-7-5-15(23)6-8-16)9-10-20(28)29-13-19(27)25(2)12-17-4-3-11-30-17/h3-11H,12-13H2,1-2H3/b10-9+. The highest BCUT2D eigenvalue weighted by molar-refractivity contribution is 7.09. The molecule has 30 heavy (non-hydrogen) atoms. The lowest BCUT2D eigenvalue weighted by Gasteiger charge is -2.15. The number of carbonyl (C=O) groups is 2. The van der Waals surface area contributed by atoms with Gasteiger partial charge in [-0.25, -0.2) is 13.9 Å². The Morgan fingerprint density at radius 2 is 2.03 bits per heavy atom. The first-order valence-electron chi connectivity index (χ1n) is 8.97. The van der Waals surface area contributed by atoms with E-state index in [0.717, 1.165) is 4.88 Å². The summed E-state index contributed by atoms with van der Waals surface area (Å²) in [7, 11) is 1.65. The van der Waals surface area contributed by atoms with Crippen LogP contribution in [0.4, 0.5) is 4.39 Å². The zero-order chi connectivity index (χ0) is 21.7. The van der Waals surface area contributed by atoms with E-state index in [2.05, 4.69) is 5.10 Å². The Morgan fingerprint density at radius 1 is 1.30 bits per heavy atom. The Kier molecular flexibility index (Phi) is 7.02. The fourth-order valence-electron chi connectivity index (χ4n) is 2.62. The van der Waals surface area contributed by atoms with E-state index in [9.17, 15) is 14.0 Å². The lowest BCUT2D eigenvalue weighted by Crippen LogP contribution is -2.30. The van der Waals surface area contributed by atoms with Crippen LogP contribution in [0.2, 0.25) is 5.15 Å². The molecule has 1 amide bonds.